The normalized spacial score (nSPS) is 12.2. The number of nitrogens with one attached hydrogen (secondary N) is 1. The summed E-state index contributed by atoms with van der Waals surface area (Å²) in [6.07, 6.45) is 2.08. The zero-order chi connectivity index (χ0) is 15.1. The highest BCUT2D eigenvalue weighted by atomic mass is 16.5. The van der Waals surface area contributed by atoms with E-state index in [2.05, 4.69) is 19.2 Å². The topological polar surface area (TPSA) is 64.3 Å². The van der Waals surface area contributed by atoms with Gasteiger partial charge in [0.15, 0.2) is 0 Å². The molecule has 1 amide bonds. The fourth-order valence-electron chi connectivity index (χ4n) is 1.97. The summed E-state index contributed by atoms with van der Waals surface area (Å²) in [7, 11) is 0. The molecule has 0 radical (unpaired) electrons. The smallest absolute Gasteiger partial charge is 0.251 e. The molecule has 0 aliphatic rings. The molecule has 20 heavy (non-hydrogen) atoms. The molecule has 0 spiro atoms. The Kier molecular flexibility index (Phi) is 6.36. The maximum atomic E-state index is 12.2. The summed E-state index contributed by atoms with van der Waals surface area (Å²) in [4.78, 5) is 12.2. The molecule has 1 rings (SSSR count). The number of benzene rings is 1. The molecule has 0 heterocycles. The first kappa shape index (κ1) is 16.3. The maximum Gasteiger partial charge on any atom is 0.251 e. The molecule has 0 aliphatic carbocycles. The van der Waals surface area contributed by atoms with Crippen molar-refractivity contribution in [3.63, 3.8) is 0 Å². The van der Waals surface area contributed by atoms with E-state index in [0.29, 0.717) is 29.5 Å². The van der Waals surface area contributed by atoms with Crippen molar-refractivity contribution < 1.29 is 9.53 Å². The van der Waals surface area contributed by atoms with Crippen LogP contribution in [0.2, 0.25) is 0 Å². The van der Waals surface area contributed by atoms with Crippen molar-refractivity contribution in [1.29, 1.82) is 0 Å². The van der Waals surface area contributed by atoms with Crippen molar-refractivity contribution in [3.05, 3.63) is 23.8 Å². The molecular formula is C16H26N2O2. The number of carbonyl (C=O) groups is 1. The van der Waals surface area contributed by atoms with Gasteiger partial charge in [0, 0.05) is 23.4 Å². The zero-order valence-electron chi connectivity index (χ0n) is 12.9. The van der Waals surface area contributed by atoms with E-state index in [0.717, 1.165) is 12.8 Å². The van der Waals surface area contributed by atoms with Gasteiger partial charge in [0.2, 0.25) is 0 Å². The predicted molar refractivity (Wildman–Crippen MR) is 83.0 cm³/mol. The molecule has 112 valence electrons. The van der Waals surface area contributed by atoms with E-state index in [4.69, 9.17) is 10.5 Å². The van der Waals surface area contributed by atoms with E-state index in [1.807, 2.05) is 13.8 Å². The van der Waals surface area contributed by atoms with Crippen LogP contribution in [0.3, 0.4) is 0 Å². The van der Waals surface area contributed by atoms with Gasteiger partial charge in [-0.2, -0.15) is 0 Å². The van der Waals surface area contributed by atoms with Crippen molar-refractivity contribution in [2.24, 2.45) is 5.92 Å². The third-order valence-corrected chi connectivity index (χ3v) is 3.06. The molecule has 1 unspecified atom stereocenters. The first-order valence-corrected chi connectivity index (χ1v) is 7.26. The third-order valence-electron chi connectivity index (χ3n) is 3.06. The maximum absolute atomic E-state index is 12.2. The Balaban J connectivity index is 2.67. The fourth-order valence-corrected chi connectivity index (χ4v) is 1.97. The molecule has 0 saturated heterocycles. The SMILES string of the molecule is CCOc1cc(N)cc(C(=O)NC(C)CCC(C)C)c1. The fraction of sp³-hybridized carbons (Fsp3) is 0.562. The van der Waals surface area contributed by atoms with Gasteiger partial charge in [-0.3, -0.25) is 4.79 Å². The van der Waals surface area contributed by atoms with Gasteiger partial charge in [-0.25, -0.2) is 0 Å². The van der Waals surface area contributed by atoms with Crippen LogP contribution in [0.1, 0.15) is 50.9 Å². The quantitative estimate of drug-likeness (QED) is 0.753. The van der Waals surface area contributed by atoms with Gasteiger partial charge in [0.1, 0.15) is 5.75 Å². The van der Waals surface area contributed by atoms with Crippen molar-refractivity contribution in [1.82, 2.24) is 5.32 Å². The van der Waals surface area contributed by atoms with Gasteiger partial charge in [-0.05, 0) is 44.7 Å². The minimum absolute atomic E-state index is 0.102. The minimum atomic E-state index is -0.102. The van der Waals surface area contributed by atoms with Crippen molar-refractivity contribution in [2.75, 3.05) is 12.3 Å². The van der Waals surface area contributed by atoms with Crippen LogP contribution in [0, 0.1) is 5.92 Å². The summed E-state index contributed by atoms with van der Waals surface area (Å²) in [6, 6.07) is 5.28. The van der Waals surface area contributed by atoms with E-state index < -0.39 is 0 Å². The van der Waals surface area contributed by atoms with Crippen LogP contribution >= 0.6 is 0 Å². The second kappa shape index (κ2) is 7.78. The van der Waals surface area contributed by atoms with Gasteiger partial charge in [0.05, 0.1) is 6.61 Å². The lowest BCUT2D eigenvalue weighted by atomic mass is 10.0. The van der Waals surface area contributed by atoms with Crippen LogP contribution in [0.15, 0.2) is 18.2 Å². The van der Waals surface area contributed by atoms with E-state index in [1.165, 1.54) is 0 Å². The molecule has 0 bridgehead atoms. The average Bonchev–Trinajstić information content (AvgIpc) is 2.36. The van der Waals surface area contributed by atoms with Crippen molar-refractivity contribution in [2.45, 2.75) is 46.6 Å². The Morgan fingerprint density at radius 1 is 1.25 bits per heavy atom. The monoisotopic (exact) mass is 278 g/mol. The summed E-state index contributed by atoms with van der Waals surface area (Å²) in [6.45, 7) is 8.84. The average molecular weight is 278 g/mol. The lowest BCUT2D eigenvalue weighted by molar-refractivity contribution is 0.0937. The Morgan fingerprint density at radius 2 is 1.95 bits per heavy atom. The molecule has 0 saturated carbocycles. The van der Waals surface area contributed by atoms with Gasteiger partial charge < -0.3 is 15.8 Å². The van der Waals surface area contributed by atoms with Crippen LogP contribution in [0.4, 0.5) is 5.69 Å². The van der Waals surface area contributed by atoms with Crippen molar-refractivity contribution >= 4 is 11.6 Å². The summed E-state index contributed by atoms with van der Waals surface area (Å²) in [5.74, 6) is 1.17. The Morgan fingerprint density at radius 3 is 2.55 bits per heavy atom. The Labute approximate surface area is 121 Å². The number of nitrogen functional groups attached to an aromatic ring is 1. The molecule has 0 aromatic heterocycles. The van der Waals surface area contributed by atoms with Crippen LogP contribution in [-0.4, -0.2) is 18.6 Å². The zero-order valence-corrected chi connectivity index (χ0v) is 12.9. The lowest BCUT2D eigenvalue weighted by Crippen LogP contribution is -2.32. The lowest BCUT2D eigenvalue weighted by Gasteiger charge is -2.15. The number of anilines is 1. The number of ether oxygens (including phenoxy) is 1. The van der Waals surface area contributed by atoms with Gasteiger partial charge >= 0.3 is 0 Å². The van der Waals surface area contributed by atoms with Crippen LogP contribution < -0.4 is 15.8 Å². The summed E-state index contributed by atoms with van der Waals surface area (Å²) >= 11 is 0. The second-order valence-electron chi connectivity index (χ2n) is 5.57. The van der Waals surface area contributed by atoms with Crippen LogP contribution in [0.25, 0.3) is 0 Å². The molecule has 1 aromatic rings. The second-order valence-corrected chi connectivity index (χ2v) is 5.57. The van der Waals surface area contributed by atoms with E-state index >= 15 is 0 Å². The Bertz CT molecular complexity index is 444. The van der Waals surface area contributed by atoms with E-state index in [-0.39, 0.29) is 11.9 Å². The molecule has 0 fully saturated rings. The highest BCUT2D eigenvalue weighted by Crippen LogP contribution is 2.19. The van der Waals surface area contributed by atoms with Crippen molar-refractivity contribution in [3.8, 4) is 5.75 Å². The number of carbonyl (C=O) groups excluding carboxylic acids is 1. The first-order valence-electron chi connectivity index (χ1n) is 7.26. The predicted octanol–water partition coefficient (Wildman–Crippen LogP) is 3.22. The van der Waals surface area contributed by atoms with Gasteiger partial charge in [0.25, 0.3) is 5.91 Å². The summed E-state index contributed by atoms with van der Waals surface area (Å²) in [5.41, 5.74) is 6.88. The highest BCUT2D eigenvalue weighted by Gasteiger charge is 2.12. The number of rotatable bonds is 7. The molecule has 3 N–H and O–H groups in total. The molecule has 0 aliphatic heterocycles. The molecule has 4 heteroatoms. The molecular weight excluding hydrogens is 252 g/mol. The number of hydrogen-bond donors (Lipinski definition) is 2. The highest BCUT2D eigenvalue weighted by molar-refractivity contribution is 5.95. The number of hydrogen-bond acceptors (Lipinski definition) is 3. The largest absolute Gasteiger partial charge is 0.494 e. The van der Waals surface area contributed by atoms with Crippen LogP contribution in [-0.2, 0) is 0 Å². The van der Waals surface area contributed by atoms with Crippen LogP contribution in [0.5, 0.6) is 5.75 Å². The molecule has 1 atom stereocenters. The number of amides is 1. The molecule has 1 aromatic carbocycles. The van der Waals surface area contributed by atoms with E-state index in [9.17, 15) is 4.79 Å². The van der Waals surface area contributed by atoms with Gasteiger partial charge in [-0.15, -0.1) is 0 Å². The molecule has 4 nitrogen and oxygen atoms in total. The summed E-state index contributed by atoms with van der Waals surface area (Å²) < 4.78 is 5.40. The van der Waals surface area contributed by atoms with Gasteiger partial charge in [-0.1, -0.05) is 13.8 Å². The number of nitrogens with two attached hydrogens (primary N) is 1. The van der Waals surface area contributed by atoms with E-state index in [1.54, 1.807) is 18.2 Å². The first-order chi connectivity index (χ1) is 9.42. The third kappa shape index (κ3) is 5.51. The minimum Gasteiger partial charge on any atom is -0.494 e. The summed E-state index contributed by atoms with van der Waals surface area (Å²) in [5, 5.41) is 3.00. The Hall–Kier alpha value is -1.71. The standard InChI is InChI=1S/C16H26N2O2/c1-5-20-15-9-13(8-14(17)10-15)16(19)18-12(4)7-6-11(2)3/h8-12H,5-7,17H2,1-4H3,(H,18,19).